The van der Waals surface area contributed by atoms with Crippen LogP contribution < -0.4 is 10.1 Å². The molecule has 4 heteroatoms. The van der Waals surface area contributed by atoms with Crippen molar-refractivity contribution < 1.29 is 14.3 Å². The van der Waals surface area contributed by atoms with Crippen molar-refractivity contribution in [3.63, 3.8) is 0 Å². The molecule has 1 fully saturated rings. The average Bonchev–Trinajstić information content (AvgIpc) is 2.41. The fourth-order valence-electron chi connectivity index (χ4n) is 2.79. The highest BCUT2D eigenvalue weighted by Gasteiger charge is 2.36. The second kappa shape index (κ2) is 6.07. The van der Waals surface area contributed by atoms with Gasteiger partial charge in [0.1, 0.15) is 5.75 Å². The van der Waals surface area contributed by atoms with Gasteiger partial charge in [-0.25, -0.2) is 0 Å². The average molecular weight is 275 g/mol. The minimum absolute atomic E-state index is 0.0374. The van der Waals surface area contributed by atoms with E-state index in [1.807, 2.05) is 24.3 Å². The van der Waals surface area contributed by atoms with Crippen LogP contribution in [-0.2, 0) is 9.59 Å². The SMILES string of the molecule is COc1ccc(C2CC(=O)NC(=O)C2CC(C)C)cc1. The van der Waals surface area contributed by atoms with E-state index in [-0.39, 0.29) is 23.7 Å². The number of amides is 2. The van der Waals surface area contributed by atoms with Crippen molar-refractivity contribution in [3.8, 4) is 5.75 Å². The van der Waals surface area contributed by atoms with Gasteiger partial charge in [0, 0.05) is 18.3 Å². The molecule has 1 heterocycles. The molecule has 1 N–H and O–H groups in total. The standard InChI is InChI=1S/C16H21NO3/c1-10(2)8-14-13(9-15(18)17-16(14)19)11-4-6-12(20-3)7-5-11/h4-7,10,13-14H,8-9H2,1-3H3,(H,17,18,19). The second-order valence-electron chi connectivity index (χ2n) is 5.73. The zero-order valence-electron chi connectivity index (χ0n) is 12.2. The Morgan fingerprint density at radius 3 is 2.45 bits per heavy atom. The van der Waals surface area contributed by atoms with Crippen LogP contribution >= 0.6 is 0 Å². The van der Waals surface area contributed by atoms with E-state index in [1.54, 1.807) is 7.11 Å². The molecule has 1 aliphatic rings. The van der Waals surface area contributed by atoms with Crippen molar-refractivity contribution >= 4 is 11.8 Å². The summed E-state index contributed by atoms with van der Waals surface area (Å²) < 4.78 is 5.14. The maximum atomic E-state index is 12.1. The zero-order chi connectivity index (χ0) is 14.7. The molecule has 0 radical (unpaired) electrons. The molecule has 1 aromatic carbocycles. The Hall–Kier alpha value is -1.84. The first-order valence-electron chi connectivity index (χ1n) is 6.99. The van der Waals surface area contributed by atoms with E-state index >= 15 is 0 Å². The number of nitrogens with one attached hydrogen (secondary N) is 1. The highest BCUT2D eigenvalue weighted by atomic mass is 16.5. The number of carbonyl (C=O) groups is 2. The predicted molar refractivity (Wildman–Crippen MR) is 76.4 cm³/mol. The Morgan fingerprint density at radius 1 is 1.25 bits per heavy atom. The van der Waals surface area contributed by atoms with Gasteiger partial charge in [0.15, 0.2) is 0 Å². The van der Waals surface area contributed by atoms with Crippen LogP contribution in [0.4, 0.5) is 0 Å². The number of carbonyl (C=O) groups excluding carboxylic acids is 2. The first-order valence-corrected chi connectivity index (χ1v) is 6.99. The lowest BCUT2D eigenvalue weighted by Gasteiger charge is -2.31. The lowest BCUT2D eigenvalue weighted by Crippen LogP contribution is -2.45. The fourth-order valence-corrected chi connectivity index (χ4v) is 2.79. The summed E-state index contributed by atoms with van der Waals surface area (Å²) in [6.45, 7) is 4.18. The van der Waals surface area contributed by atoms with Gasteiger partial charge in [0.25, 0.3) is 0 Å². The lowest BCUT2D eigenvalue weighted by atomic mass is 9.76. The van der Waals surface area contributed by atoms with Crippen molar-refractivity contribution in [2.45, 2.75) is 32.6 Å². The third-order valence-corrected chi connectivity index (χ3v) is 3.76. The number of piperidine rings is 1. The summed E-state index contributed by atoms with van der Waals surface area (Å²) in [5.74, 6) is 0.692. The molecule has 1 aliphatic heterocycles. The molecule has 0 spiro atoms. The molecule has 1 aromatic rings. The number of methoxy groups -OCH3 is 1. The van der Waals surface area contributed by atoms with Crippen LogP contribution in [0.15, 0.2) is 24.3 Å². The minimum atomic E-state index is -0.184. The van der Waals surface area contributed by atoms with Crippen LogP contribution in [0.2, 0.25) is 0 Å². The van der Waals surface area contributed by atoms with Gasteiger partial charge in [-0.15, -0.1) is 0 Å². The molecule has 2 unspecified atom stereocenters. The van der Waals surface area contributed by atoms with Gasteiger partial charge >= 0.3 is 0 Å². The Morgan fingerprint density at radius 2 is 1.90 bits per heavy atom. The maximum Gasteiger partial charge on any atom is 0.230 e. The normalized spacial score (nSPS) is 22.8. The first-order chi connectivity index (χ1) is 9.51. The van der Waals surface area contributed by atoms with Crippen LogP contribution in [0, 0.1) is 11.8 Å². The molecule has 0 saturated carbocycles. The van der Waals surface area contributed by atoms with Crippen LogP contribution in [0.25, 0.3) is 0 Å². The molecule has 0 aromatic heterocycles. The number of ether oxygens (including phenoxy) is 1. The van der Waals surface area contributed by atoms with E-state index < -0.39 is 0 Å². The van der Waals surface area contributed by atoms with E-state index in [4.69, 9.17) is 4.74 Å². The second-order valence-corrected chi connectivity index (χ2v) is 5.73. The molecule has 20 heavy (non-hydrogen) atoms. The van der Waals surface area contributed by atoms with E-state index in [2.05, 4.69) is 19.2 Å². The molecule has 0 aliphatic carbocycles. The van der Waals surface area contributed by atoms with Crippen LogP contribution in [0.1, 0.15) is 38.2 Å². The topological polar surface area (TPSA) is 55.4 Å². The monoisotopic (exact) mass is 275 g/mol. The van der Waals surface area contributed by atoms with Crippen molar-refractivity contribution in [2.24, 2.45) is 11.8 Å². The van der Waals surface area contributed by atoms with Gasteiger partial charge in [0.05, 0.1) is 7.11 Å². The minimum Gasteiger partial charge on any atom is -0.497 e. The lowest BCUT2D eigenvalue weighted by molar-refractivity contribution is -0.137. The summed E-state index contributed by atoms with van der Waals surface area (Å²) in [6.07, 6.45) is 1.16. The van der Waals surface area contributed by atoms with Gasteiger partial charge in [-0.3, -0.25) is 14.9 Å². The molecule has 2 atom stereocenters. The molecular weight excluding hydrogens is 254 g/mol. The van der Waals surface area contributed by atoms with Crippen LogP contribution in [0.3, 0.4) is 0 Å². The van der Waals surface area contributed by atoms with E-state index in [0.29, 0.717) is 12.3 Å². The highest BCUT2D eigenvalue weighted by molar-refractivity contribution is 5.99. The Labute approximate surface area is 119 Å². The van der Waals surface area contributed by atoms with Crippen molar-refractivity contribution in [3.05, 3.63) is 29.8 Å². The van der Waals surface area contributed by atoms with Crippen molar-refractivity contribution in [2.75, 3.05) is 7.11 Å². The highest BCUT2D eigenvalue weighted by Crippen LogP contribution is 2.35. The largest absolute Gasteiger partial charge is 0.497 e. The van der Waals surface area contributed by atoms with E-state index in [9.17, 15) is 9.59 Å². The molecule has 108 valence electrons. The van der Waals surface area contributed by atoms with Gasteiger partial charge in [-0.2, -0.15) is 0 Å². The molecular formula is C16H21NO3. The summed E-state index contributed by atoms with van der Waals surface area (Å²) in [6, 6.07) is 7.64. The van der Waals surface area contributed by atoms with Crippen LogP contribution in [-0.4, -0.2) is 18.9 Å². The number of rotatable bonds is 4. The Kier molecular flexibility index (Phi) is 4.42. The predicted octanol–water partition coefficient (Wildman–Crippen LogP) is 2.49. The Balaban J connectivity index is 2.27. The summed E-state index contributed by atoms with van der Waals surface area (Å²) in [4.78, 5) is 23.7. The molecule has 2 amide bonds. The number of hydrogen-bond donors (Lipinski definition) is 1. The maximum absolute atomic E-state index is 12.1. The number of benzene rings is 1. The fraction of sp³-hybridized carbons (Fsp3) is 0.500. The van der Waals surface area contributed by atoms with Gasteiger partial charge in [-0.1, -0.05) is 26.0 Å². The zero-order valence-corrected chi connectivity index (χ0v) is 12.2. The van der Waals surface area contributed by atoms with Gasteiger partial charge < -0.3 is 4.74 Å². The summed E-state index contributed by atoms with van der Waals surface area (Å²) in [5, 5.41) is 2.45. The van der Waals surface area contributed by atoms with Crippen molar-refractivity contribution in [1.82, 2.24) is 5.32 Å². The van der Waals surface area contributed by atoms with E-state index in [1.165, 1.54) is 0 Å². The van der Waals surface area contributed by atoms with Crippen LogP contribution in [0.5, 0.6) is 5.75 Å². The van der Waals surface area contributed by atoms with E-state index in [0.717, 1.165) is 17.7 Å². The summed E-state index contributed by atoms with van der Waals surface area (Å²) in [7, 11) is 1.62. The smallest absolute Gasteiger partial charge is 0.230 e. The molecule has 2 rings (SSSR count). The van der Waals surface area contributed by atoms with Gasteiger partial charge in [-0.05, 0) is 30.0 Å². The summed E-state index contributed by atoms with van der Waals surface area (Å²) >= 11 is 0. The molecule has 4 nitrogen and oxygen atoms in total. The van der Waals surface area contributed by atoms with Crippen molar-refractivity contribution in [1.29, 1.82) is 0 Å². The third kappa shape index (κ3) is 3.18. The Bertz CT molecular complexity index is 493. The number of hydrogen-bond acceptors (Lipinski definition) is 3. The summed E-state index contributed by atoms with van der Waals surface area (Å²) in [5.41, 5.74) is 1.03. The third-order valence-electron chi connectivity index (χ3n) is 3.76. The number of imide groups is 1. The quantitative estimate of drug-likeness (QED) is 0.859. The molecule has 0 bridgehead atoms. The van der Waals surface area contributed by atoms with Gasteiger partial charge in [0.2, 0.25) is 11.8 Å². The first kappa shape index (κ1) is 14.6. The molecule has 1 saturated heterocycles.